The maximum absolute atomic E-state index is 14.0. The van der Waals surface area contributed by atoms with E-state index >= 15 is 0 Å². The third kappa shape index (κ3) is 7.38. The lowest BCUT2D eigenvalue weighted by Gasteiger charge is -2.43. The molecule has 10 heteroatoms. The van der Waals surface area contributed by atoms with Crippen molar-refractivity contribution >= 4 is 15.7 Å². The highest BCUT2D eigenvalue weighted by molar-refractivity contribution is 7.89. The molecule has 0 amide bonds. The summed E-state index contributed by atoms with van der Waals surface area (Å²) in [6.07, 6.45) is 1.37. The smallest absolute Gasteiger partial charge is 0.243 e. The first-order chi connectivity index (χ1) is 21.3. The molecule has 3 aromatic rings. The van der Waals surface area contributed by atoms with Crippen molar-refractivity contribution in [3.8, 4) is 11.5 Å². The van der Waals surface area contributed by atoms with E-state index < -0.39 is 16.1 Å². The molecule has 1 N–H and O–H groups in total. The van der Waals surface area contributed by atoms with E-state index in [0.717, 1.165) is 53.4 Å². The number of anilines is 1. The Morgan fingerprint density at radius 3 is 2.50 bits per heavy atom. The van der Waals surface area contributed by atoms with Crippen molar-refractivity contribution in [3.63, 3.8) is 0 Å². The van der Waals surface area contributed by atoms with Crippen molar-refractivity contribution in [1.82, 2.24) is 4.31 Å². The van der Waals surface area contributed by atoms with Crippen molar-refractivity contribution in [1.29, 1.82) is 0 Å². The molecule has 2 aliphatic heterocycles. The van der Waals surface area contributed by atoms with Gasteiger partial charge in [0.05, 0.1) is 36.9 Å². The van der Waals surface area contributed by atoms with Crippen LogP contribution < -0.4 is 14.4 Å². The normalized spacial score (nSPS) is 20.6. The summed E-state index contributed by atoms with van der Waals surface area (Å²) in [4.78, 5) is 2.56. The molecular formula is C34H44N2O7S. The van der Waals surface area contributed by atoms with Crippen molar-refractivity contribution in [2.45, 2.75) is 55.8 Å². The first-order valence-corrected chi connectivity index (χ1v) is 16.7. The van der Waals surface area contributed by atoms with Crippen LogP contribution in [0.5, 0.6) is 11.5 Å². The van der Waals surface area contributed by atoms with Gasteiger partial charge < -0.3 is 29.0 Å². The largest absolute Gasteiger partial charge is 0.497 e. The monoisotopic (exact) mass is 624 g/mol. The van der Waals surface area contributed by atoms with Crippen LogP contribution in [0.2, 0.25) is 0 Å². The summed E-state index contributed by atoms with van der Waals surface area (Å²) in [6.45, 7) is 5.33. The molecule has 0 bridgehead atoms. The maximum Gasteiger partial charge on any atom is 0.243 e. The highest BCUT2D eigenvalue weighted by Gasteiger charge is 2.42. The molecule has 44 heavy (non-hydrogen) atoms. The van der Waals surface area contributed by atoms with Crippen LogP contribution in [0.4, 0.5) is 5.69 Å². The van der Waals surface area contributed by atoms with E-state index in [9.17, 15) is 13.5 Å². The highest BCUT2D eigenvalue weighted by Crippen LogP contribution is 2.39. The molecule has 238 valence electrons. The van der Waals surface area contributed by atoms with Crippen molar-refractivity contribution in [3.05, 3.63) is 83.4 Å². The van der Waals surface area contributed by atoms with Gasteiger partial charge in [-0.2, -0.15) is 4.31 Å². The van der Waals surface area contributed by atoms with Crippen LogP contribution in [-0.2, 0) is 26.1 Å². The van der Waals surface area contributed by atoms with E-state index in [-0.39, 0.29) is 30.0 Å². The Morgan fingerprint density at radius 1 is 1.02 bits per heavy atom. The molecule has 0 aliphatic carbocycles. The number of benzene rings is 3. The Kier molecular flexibility index (Phi) is 10.8. The van der Waals surface area contributed by atoms with Gasteiger partial charge in [0.2, 0.25) is 10.0 Å². The zero-order valence-electron chi connectivity index (χ0n) is 25.9. The third-order valence-electron chi connectivity index (χ3n) is 8.60. The van der Waals surface area contributed by atoms with Gasteiger partial charge in [0, 0.05) is 45.4 Å². The van der Waals surface area contributed by atoms with Crippen LogP contribution in [-0.4, -0.2) is 83.6 Å². The molecule has 5 rings (SSSR count). The molecule has 1 fully saturated rings. The van der Waals surface area contributed by atoms with Gasteiger partial charge in [0.1, 0.15) is 18.1 Å². The number of hydrogen-bond donors (Lipinski definition) is 1. The second kappa shape index (κ2) is 14.8. The molecule has 3 aromatic carbocycles. The molecule has 3 atom stereocenters. The summed E-state index contributed by atoms with van der Waals surface area (Å²) < 4.78 is 52.7. The molecule has 2 unspecified atom stereocenters. The molecule has 0 radical (unpaired) electrons. The topological polar surface area (TPSA) is 97.8 Å². The van der Waals surface area contributed by atoms with Crippen LogP contribution in [0.15, 0.2) is 71.6 Å². The van der Waals surface area contributed by atoms with Gasteiger partial charge in [-0.05, 0) is 73.7 Å². The predicted molar refractivity (Wildman–Crippen MR) is 170 cm³/mol. The van der Waals surface area contributed by atoms with Gasteiger partial charge in [-0.3, -0.25) is 0 Å². The molecule has 9 nitrogen and oxygen atoms in total. The standard InChI is InChI=1S/C34H44N2O7S/c1-25-5-12-30(13-6-25)44(38,39)36-23-34(31(22-28(36)15-18-37)27-8-10-29(41-3)11-9-27)43-24-26-7-14-33-32(21-26)35(17-20-42-33)16-4-19-40-2/h5-14,21,28,31,34,37H,4,15-20,22-24H2,1-3H3/t28?,31-,34?/m1/s1. The first-order valence-electron chi connectivity index (χ1n) is 15.3. The minimum Gasteiger partial charge on any atom is -0.497 e. The molecular weight excluding hydrogens is 580 g/mol. The van der Waals surface area contributed by atoms with Gasteiger partial charge in [0.15, 0.2) is 0 Å². The van der Waals surface area contributed by atoms with Gasteiger partial charge in [-0.25, -0.2) is 8.42 Å². The molecule has 2 aliphatic rings. The SMILES string of the molecule is COCCCN1CCOc2ccc(COC3CN(S(=O)(=O)c4ccc(C)cc4)C(CCO)C[C@@H]3c3ccc(OC)cc3)cc21. The number of nitrogens with zero attached hydrogens (tertiary/aromatic N) is 2. The van der Waals surface area contributed by atoms with Crippen molar-refractivity contribution in [2.24, 2.45) is 0 Å². The zero-order chi connectivity index (χ0) is 31.1. The van der Waals surface area contributed by atoms with E-state index in [1.165, 1.54) is 4.31 Å². The van der Waals surface area contributed by atoms with E-state index in [0.29, 0.717) is 32.7 Å². The minimum atomic E-state index is -3.82. The fourth-order valence-corrected chi connectivity index (χ4v) is 7.86. The van der Waals surface area contributed by atoms with Crippen LogP contribution in [0.3, 0.4) is 0 Å². The van der Waals surface area contributed by atoms with E-state index in [4.69, 9.17) is 18.9 Å². The molecule has 0 aromatic heterocycles. The minimum absolute atomic E-state index is 0.0755. The number of aliphatic hydroxyl groups is 1. The summed E-state index contributed by atoms with van der Waals surface area (Å²) >= 11 is 0. The fourth-order valence-electron chi connectivity index (χ4n) is 6.18. The molecule has 2 heterocycles. The lowest BCUT2D eigenvalue weighted by molar-refractivity contribution is -0.0225. The number of hydrogen-bond acceptors (Lipinski definition) is 8. The molecule has 1 saturated heterocycles. The van der Waals surface area contributed by atoms with Crippen LogP contribution in [0.25, 0.3) is 0 Å². The first kappa shape index (κ1) is 32.2. The summed E-state index contributed by atoms with van der Waals surface area (Å²) in [7, 11) is -0.476. The Labute approximate surface area is 261 Å². The summed E-state index contributed by atoms with van der Waals surface area (Å²) in [6, 6.07) is 20.6. The maximum atomic E-state index is 14.0. The number of rotatable bonds is 13. The number of aliphatic hydroxyl groups excluding tert-OH is 1. The number of aryl methyl sites for hydroxylation is 1. The van der Waals surface area contributed by atoms with E-state index in [1.54, 1.807) is 26.4 Å². The van der Waals surface area contributed by atoms with Gasteiger partial charge in [0.25, 0.3) is 0 Å². The number of sulfonamides is 1. The van der Waals surface area contributed by atoms with Crippen molar-refractivity contribution in [2.75, 3.05) is 58.6 Å². The molecule has 0 saturated carbocycles. The fraction of sp³-hybridized carbons (Fsp3) is 0.471. The summed E-state index contributed by atoms with van der Waals surface area (Å²) in [5.41, 5.74) is 4.07. The lowest BCUT2D eigenvalue weighted by atomic mass is 9.83. The number of piperidine rings is 1. The Balaban J connectivity index is 1.42. The highest BCUT2D eigenvalue weighted by atomic mass is 32.2. The Morgan fingerprint density at radius 2 is 1.80 bits per heavy atom. The average molecular weight is 625 g/mol. The van der Waals surface area contributed by atoms with Gasteiger partial charge >= 0.3 is 0 Å². The summed E-state index contributed by atoms with van der Waals surface area (Å²) in [5, 5.41) is 9.95. The predicted octanol–water partition coefficient (Wildman–Crippen LogP) is 4.75. The van der Waals surface area contributed by atoms with Crippen LogP contribution in [0, 0.1) is 6.92 Å². The number of fused-ring (bicyclic) bond motifs is 1. The number of ether oxygens (including phenoxy) is 4. The van der Waals surface area contributed by atoms with Crippen LogP contribution in [0.1, 0.15) is 41.9 Å². The lowest BCUT2D eigenvalue weighted by Crippen LogP contribution is -2.52. The summed E-state index contributed by atoms with van der Waals surface area (Å²) in [5.74, 6) is 1.53. The van der Waals surface area contributed by atoms with Crippen molar-refractivity contribution < 1.29 is 32.5 Å². The Hall–Kier alpha value is -3.15. The van der Waals surface area contributed by atoms with Gasteiger partial charge in [-0.1, -0.05) is 35.9 Å². The zero-order valence-corrected chi connectivity index (χ0v) is 26.7. The quantitative estimate of drug-likeness (QED) is 0.272. The van der Waals surface area contributed by atoms with E-state index in [1.807, 2.05) is 55.5 Å². The average Bonchev–Trinajstić information content (AvgIpc) is 3.04. The van der Waals surface area contributed by atoms with Crippen LogP contribution >= 0.6 is 0 Å². The second-order valence-corrected chi connectivity index (χ2v) is 13.4. The Bertz CT molecular complexity index is 1460. The number of methoxy groups -OCH3 is 2. The van der Waals surface area contributed by atoms with E-state index in [2.05, 4.69) is 11.0 Å². The van der Waals surface area contributed by atoms with Gasteiger partial charge in [-0.15, -0.1) is 0 Å². The third-order valence-corrected chi connectivity index (χ3v) is 10.5. The molecule has 0 spiro atoms. The second-order valence-electron chi connectivity index (χ2n) is 11.5.